The van der Waals surface area contributed by atoms with E-state index in [4.69, 9.17) is 0 Å². The van der Waals surface area contributed by atoms with Gasteiger partial charge in [0.1, 0.15) is 5.82 Å². The number of amides is 1. The molecule has 0 saturated carbocycles. The van der Waals surface area contributed by atoms with Crippen LogP contribution in [0.25, 0.3) is 0 Å². The molecule has 0 spiro atoms. The van der Waals surface area contributed by atoms with E-state index in [-0.39, 0.29) is 17.8 Å². The molecule has 0 aliphatic rings. The van der Waals surface area contributed by atoms with Gasteiger partial charge in [-0.15, -0.1) is 0 Å². The summed E-state index contributed by atoms with van der Waals surface area (Å²) in [5.74, 6) is -0.233. The first-order chi connectivity index (χ1) is 8.54. The highest BCUT2D eigenvalue weighted by Gasteiger charge is 2.11. The number of carbonyl (C=O) groups is 1. The van der Waals surface area contributed by atoms with Crippen molar-refractivity contribution in [2.45, 2.75) is 26.3 Å². The molecule has 0 radical (unpaired) electrons. The van der Waals surface area contributed by atoms with E-state index in [1.54, 1.807) is 12.1 Å². The van der Waals surface area contributed by atoms with Crippen LogP contribution in [0.1, 0.15) is 31.9 Å². The summed E-state index contributed by atoms with van der Waals surface area (Å²) < 4.78 is 14.4. The summed E-state index contributed by atoms with van der Waals surface area (Å²) in [7, 11) is 0. The standard InChI is InChI=1S/C13H18BrFN2O/c1-3-16-13(18)6-7-17-9(2)11-8-10(14)4-5-12(11)15/h4-5,8-9,17H,3,6-7H2,1-2H3,(H,16,18). The fraction of sp³-hybridized carbons (Fsp3) is 0.462. The van der Waals surface area contributed by atoms with Crippen molar-refractivity contribution in [3.05, 3.63) is 34.1 Å². The largest absolute Gasteiger partial charge is 0.356 e. The van der Waals surface area contributed by atoms with Gasteiger partial charge in [-0.2, -0.15) is 0 Å². The Morgan fingerprint density at radius 3 is 2.89 bits per heavy atom. The normalized spacial score (nSPS) is 12.2. The number of carbonyl (C=O) groups excluding carboxylic acids is 1. The van der Waals surface area contributed by atoms with Crippen LogP contribution in [0.5, 0.6) is 0 Å². The molecular weight excluding hydrogens is 299 g/mol. The molecule has 100 valence electrons. The van der Waals surface area contributed by atoms with Crippen LogP contribution in [0, 0.1) is 5.82 Å². The molecule has 1 aromatic carbocycles. The summed E-state index contributed by atoms with van der Waals surface area (Å²) in [6.07, 6.45) is 0.397. The first-order valence-corrected chi connectivity index (χ1v) is 6.79. The minimum Gasteiger partial charge on any atom is -0.356 e. The van der Waals surface area contributed by atoms with E-state index in [0.717, 1.165) is 4.47 Å². The Kier molecular flexibility index (Phi) is 6.29. The quantitative estimate of drug-likeness (QED) is 0.847. The average molecular weight is 317 g/mol. The predicted octanol–water partition coefficient (Wildman–Crippen LogP) is 2.77. The monoisotopic (exact) mass is 316 g/mol. The van der Waals surface area contributed by atoms with E-state index in [0.29, 0.717) is 25.1 Å². The van der Waals surface area contributed by atoms with Crippen LogP contribution in [0.2, 0.25) is 0 Å². The lowest BCUT2D eigenvalue weighted by Crippen LogP contribution is -2.28. The molecule has 0 aromatic heterocycles. The zero-order chi connectivity index (χ0) is 13.5. The molecule has 1 rings (SSSR count). The molecule has 5 heteroatoms. The predicted molar refractivity (Wildman–Crippen MR) is 73.8 cm³/mol. The molecule has 2 N–H and O–H groups in total. The third kappa shape index (κ3) is 4.74. The molecular formula is C13H18BrFN2O. The van der Waals surface area contributed by atoms with Gasteiger partial charge in [-0.05, 0) is 32.0 Å². The minimum absolute atomic E-state index is 0.00640. The van der Waals surface area contributed by atoms with Gasteiger partial charge in [-0.1, -0.05) is 15.9 Å². The lowest BCUT2D eigenvalue weighted by molar-refractivity contribution is -0.120. The van der Waals surface area contributed by atoms with Crippen LogP contribution in [0.3, 0.4) is 0 Å². The average Bonchev–Trinajstić information content (AvgIpc) is 2.32. The van der Waals surface area contributed by atoms with Gasteiger partial charge in [0.05, 0.1) is 0 Å². The van der Waals surface area contributed by atoms with Gasteiger partial charge >= 0.3 is 0 Å². The summed E-state index contributed by atoms with van der Waals surface area (Å²) in [4.78, 5) is 11.2. The Bertz CT molecular complexity index is 412. The van der Waals surface area contributed by atoms with E-state index in [1.807, 2.05) is 13.8 Å². The molecule has 0 saturated heterocycles. The van der Waals surface area contributed by atoms with E-state index < -0.39 is 0 Å². The summed E-state index contributed by atoms with van der Waals surface area (Å²) >= 11 is 3.32. The van der Waals surface area contributed by atoms with Gasteiger partial charge in [0.15, 0.2) is 0 Å². The maximum Gasteiger partial charge on any atom is 0.221 e. The van der Waals surface area contributed by atoms with E-state index >= 15 is 0 Å². The maximum absolute atomic E-state index is 13.6. The highest BCUT2D eigenvalue weighted by Crippen LogP contribution is 2.21. The molecule has 1 unspecified atom stereocenters. The van der Waals surface area contributed by atoms with Crippen LogP contribution < -0.4 is 10.6 Å². The Balaban J connectivity index is 2.47. The summed E-state index contributed by atoms with van der Waals surface area (Å²) in [5.41, 5.74) is 0.597. The Hall–Kier alpha value is -0.940. The van der Waals surface area contributed by atoms with Crippen molar-refractivity contribution in [1.82, 2.24) is 10.6 Å². The molecule has 0 fully saturated rings. The van der Waals surface area contributed by atoms with Gasteiger partial charge in [0.2, 0.25) is 5.91 Å². The number of hydrogen-bond donors (Lipinski definition) is 2. The summed E-state index contributed by atoms with van der Waals surface area (Å²) in [6, 6.07) is 4.72. The number of halogens is 2. The third-order valence-corrected chi connectivity index (χ3v) is 3.09. The lowest BCUT2D eigenvalue weighted by Gasteiger charge is -2.15. The molecule has 1 atom stereocenters. The Morgan fingerprint density at radius 1 is 1.50 bits per heavy atom. The van der Waals surface area contributed by atoms with Gasteiger partial charge in [0.25, 0.3) is 0 Å². The van der Waals surface area contributed by atoms with Crippen molar-refractivity contribution in [2.75, 3.05) is 13.1 Å². The molecule has 3 nitrogen and oxygen atoms in total. The Labute approximate surface area is 115 Å². The molecule has 0 bridgehead atoms. The van der Waals surface area contributed by atoms with Crippen LogP contribution in [0.15, 0.2) is 22.7 Å². The molecule has 1 aromatic rings. The van der Waals surface area contributed by atoms with Crippen molar-refractivity contribution < 1.29 is 9.18 Å². The van der Waals surface area contributed by atoms with E-state index in [9.17, 15) is 9.18 Å². The minimum atomic E-state index is -0.240. The number of benzene rings is 1. The number of nitrogens with one attached hydrogen (secondary N) is 2. The van der Waals surface area contributed by atoms with Crippen molar-refractivity contribution in [3.8, 4) is 0 Å². The second-order valence-corrected chi connectivity index (χ2v) is 4.96. The lowest BCUT2D eigenvalue weighted by atomic mass is 10.1. The fourth-order valence-corrected chi connectivity index (χ4v) is 2.02. The zero-order valence-corrected chi connectivity index (χ0v) is 12.2. The van der Waals surface area contributed by atoms with Crippen molar-refractivity contribution in [2.24, 2.45) is 0 Å². The van der Waals surface area contributed by atoms with E-state index in [1.165, 1.54) is 6.07 Å². The molecule has 0 aliphatic heterocycles. The number of hydrogen-bond acceptors (Lipinski definition) is 2. The molecule has 0 aliphatic carbocycles. The topological polar surface area (TPSA) is 41.1 Å². The van der Waals surface area contributed by atoms with Crippen molar-refractivity contribution in [3.63, 3.8) is 0 Å². The Morgan fingerprint density at radius 2 is 2.22 bits per heavy atom. The van der Waals surface area contributed by atoms with Crippen molar-refractivity contribution >= 4 is 21.8 Å². The molecule has 1 amide bonds. The SMILES string of the molecule is CCNC(=O)CCNC(C)c1cc(Br)ccc1F. The van der Waals surface area contributed by atoms with Gasteiger partial charge in [0, 0.05) is 35.6 Å². The third-order valence-electron chi connectivity index (χ3n) is 2.60. The zero-order valence-electron chi connectivity index (χ0n) is 10.6. The van der Waals surface area contributed by atoms with Crippen LogP contribution in [0.4, 0.5) is 4.39 Å². The first kappa shape index (κ1) is 15.1. The first-order valence-electron chi connectivity index (χ1n) is 5.99. The summed E-state index contributed by atoms with van der Waals surface area (Å²) in [5, 5.41) is 5.85. The number of rotatable bonds is 6. The fourth-order valence-electron chi connectivity index (χ4n) is 1.64. The van der Waals surface area contributed by atoms with Gasteiger partial charge in [-0.3, -0.25) is 4.79 Å². The summed E-state index contributed by atoms with van der Waals surface area (Å²) in [6.45, 7) is 4.92. The van der Waals surface area contributed by atoms with Gasteiger partial charge in [-0.25, -0.2) is 4.39 Å². The smallest absolute Gasteiger partial charge is 0.221 e. The molecule has 0 heterocycles. The van der Waals surface area contributed by atoms with Crippen molar-refractivity contribution in [1.29, 1.82) is 0 Å². The maximum atomic E-state index is 13.6. The highest BCUT2D eigenvalue weighted by atomic mass is 79.9. The van der Waals surface area contributed by atoms with Crippen LogP contribution in [-0.4, -0.2) is 19.0 Å². The highest BCUT2D eigenvalue weighted by molar-refractivity contribution is 9.10. The van der Waals surface area contributed by atoms with Crippen LogP contribution >= 0.6 is 15.9 Å². The van der Waals surface area contributed by atoms with Crippen LogP contribution in [-0.2, 0) is 4.79 Å². The molecule has 18 heavy (non-hydrogen) atoms. The van der Waals surface area contributed by atoms with Gasteiger partial charge < -0.3 is 10.6 Å². The second kappa shape index (κ2) is 7.48. The second-order valence-electron chi connectivity index (χ2n) is 4.05. The van der Waals surface area contributed by atoms with E-state index in [2.05, 4.69) is 26.6 Å².